The Morgan fingerprint density at radius 3 is 2.85 bits per heavy atom. The third-order valence-electron chi connectivity index (χ3n) is 5.13. The van der Waals surface area contributed by atoms with E-state index in [1.807, 2.05) is 48.5 Å². The minimum absolute atomic E-state index is 0.0362. The van der Waals surface area contributed by atoms with Gasteiger partial charge in [-0.2, -0.15) is 0 Å². The van der Waals surface area contributed by atoms with Crippen LogP contribution in [0.5, 0.6) is 5.75 Å². The lowest BCUT2D eigenvalue weighted by molar-refractivity contribution is -0.129. The molecule has 2 amide bonds. The predicted octanol–water partition coefficient (Wildman–Crippen LogP) is 3.44. The van der Waals surface area contributed by atoms with Crippen molar-refractivity contribution in [3.05, 3.63) is 64.1 Å². The highest BCUT2D eigenvalue weighted by Gasteiger charge is 2.35. The highest BCUT2D eigenvalue weighted by atomic mass is 79.9. The summed E-state index contributed by atoms with van der Waals surface area (Å²) in [6, 6.07) is 15.6. The lowest BCUT2D eigenvalue weighted by Gasteiger charge is -2.28. The van der Waals surface area contributed by atoms with Crippen molar-refractivity contribution in [3.8, 4) is 5.75 Å². The monoisotopic (exact) mass is 428 g/mol. The molecular formula is C21H21BrN2O3. The van der Waals surface area contributed by atoms with Crippen LogP contribution in [0.4, 0.5) is 0 Å². The van der Waals surface area contributed by atoms with E-state index in [2.05, 4.69) is 21.2 Å². The van der Waals surface area contributed by atoms with Crippen LogP contribution in [0.15, 0.2) is 53.0 Å². The van der Waals surface area contributed by atoms with Gasteiger partial charge in [0.1, 0.15) is 5.75 Å². The van der Waals surface area contributed by atoms with E-state index in [0.29, 0.717) is 19.7 Å². The molecule has 2 unspecified atom stereocenters. The smallest absolute Gasteiger partial charge is 0.225 e. The number of halogens is 1. The van der Waals surface area contributed by atoms with E-state index in [1.54, 1.807) is 4.90 Å². The van der Waals surface area contributed by atoms with Crippen LogP contribution in [0.1, 0.15) is 30.0 Å². The van der Waals surface area contributed by atoms with Crippen LogP contribution in [-0.4, -0.2) is 29.9 Å². The molecule has 0 spiro atoms. The molecule has 6 heteroatoms. The fourth-order valence-corrected chi connectivity index (χ4v) is 4.09. The number of rotatable bonds is 4. The van der Waals surface area contributed by atoms with Crippen molar-refractivity contribution in [1.82, 2.24) is 10.2 Å². The van der Waals surface area contributed by atoms with E-state index in [4.69, 9.17) is 4.74 Å². The summed E-state index contributed by atoms with van der Waals surface area (Å²) in [5.41, 5.74) is 2.06. The molecule has 27 heavy (non-hydrogen) atoms. The van der Waals surface area contributed by atoms with Crippen LogP contribution in [0.25, 0.3) is 0 Å². The van der Waals surface area contributed by atoms with Crippen LogP contribution < -0.4 is 10.1 Å². The summed E-state index contributed by atoms with van der Waals surface area (Å²) in [6.45, 7) is 1.59. The number of hydrogen-bond acceptors (Lipinski definition) is 3. The van der Waals surface area contributed by atoms with Crippen LogP contribution >= 0.6 is 15.9 Å². The molecule has 1 saturated heterocycles. The first-order valence-corrected chi connectivity index (χ1v) is 9.94. The summed E-state index contributed by atoms with van der Waals surface area (Å²) in [5.74, 6) is 0.480. The van der Waals surface area contributed by atoms with Crippen molar-refractivity contribution in [2.75, 3.05) is 13.2 Å². The summed E-state index contributed by atoms with van der Waals surface area (Å²) in [7, 11) is 0. The lowest BCUT2D eigenvalue weighted by atomic mass is 9.99. The zero-order valence-corrected chi connectivity index (χ0v) is 16.4. The number of benzene rings is 2. The van der Waals surface area contributed by atoms with Crippen molar-refractivity contribution in [2.24, 2.45) is 5.92 Å². The van der Waals surface area contributed by atoms with Gasteiger partial charge in [0.15, 0.2) is 0 Å². The number of likely N-dealkylation sites (tertiary alicyclic amines) is 1. The second kappa shape index (κ2) is 7.72. The fourth-order valence-electron chi connectivity index (χ4n) is 3.71. The summed E-state index contributed by atoms with van der Waals surface area (Å²) >= 11 is 3.48. The molecule has 0 aromatic heterocycles. The van der Waals surface area contributed by atoms with E-state index < -0.39 is 0 Å². The summed E-state index contributed by atoms with van der Waals surface area (Å²) in [4.78, 5) is 26.9. The number of nitrogens with one attached hydrogen (secondary N) is 1. The standard InChI is InChI=1S/C21H21BrN2O3/c22-16-6-7-19-17(11-16)18(8-9-27-19)23-21(26)15-10-20(25)24(13-15)12-14-4-2-1-3-5-14/h1-7,11,15,18H,8-10,12-13H2,(H,23,26). The normalized spacial score (nSPS) is 21.5. The van der Waals surface area contributed by atoms with E-state index in [1.165, 1.54) is 0 Å². The molecule has 1 fully saturated rings. The predicted molar refractivity (Wildman–Crippen MR) is 105 cm³/mol. The molecule has 2 atom stereocenters. The number of carbonyl (C=O) groups is 2. The van der Waals surface area contributed by atoms with E-state index in [9.17, 15) is 9.59 Å². The first-order chi connectivity index (χ1) is 13.1. The summed E-state index contributed by atoms with van der Waals surface area (Å²) < 4.78 is 6.64. The van der Waals surface area contributed by atoms with Crippen LogP contribution in [0.2, 0.25) is 0 Å². The number of fused-ring (bicyclic) bond motifs is 1. The zero-order valence-electron chi connectivity index (χ0n) is 14.9. The van der Waals surface area contributed by atoms with E-state index in [0.717, 1.165) is 27.8 Å². The Bertz CT molecular complexity index is 856. The average molecular weight is 429 g/mol. The average Bonchev–Trinajstić information content (AvgIpc) is 3.04. The minimum Gasteiger partial charge on any atom is -0.493 e. The molecule has 1 N–H and O–H groups in total. The van der Waals surface area contributed by atoms with Gasteiger partial charge in [-0.05, 0) is 23.8 Å². The highest BCUT2D eigenvalue weighted by Crippen LogP contribution is 2.34. The molecule has 2 aliphatic heterocycles. The van der Waals surface area contributed by atoms with Crippen molar-refractivity contribution < 1.29 is 14.3 Å². The number of hydrogen-bond donors (Lipinski definition) is 1. The van der Waals surface area contributed by atoms with Gasteiger partial charge in [0.25, 0.3) is 0 Å². The maximum absolute atomic E-state index is 12.8. The maximum Gasteiger partial charge on any atom is 0.225 e. The quantitative estimate of drug-likeness (QED) is 0.811. The highest BCUT2D eigenvalue weighted by molar-refractivity contribution is 9.10. The molecule has 0 aliphatic carbocycles. The van der Waals surface area contributed by atoms with E-state index >= 15 is 0 Å². The Kier molecular flexibility index (Phi) is 5.16. The molecule has 4 rings (SSSR count). The van der Waals surface area contributed by atoms with Crippen LogP contribution in [0.3, 0.4) is 0 Å². The first-order valence-electron chi connectivity index (χ1n) is 9.14. The number of ether oxygens (including phenoxy) is 1. The van der Waals surface area contributed by atoms with Gasteiger partial charge in [-0.15, -0.1) is 0 Å². The molecule has 2 aromatic rings. The van der Waals surface area contributed by atoms with Gasteiger partial charge in [-0.1, -0.05) is 46.3 Å². The Hall–Kier alpha value is -2.34. The van der Waals surface area contributed by atoms with Gasteiger partial charge in [-0.3, -0.25) is 9.59 Å². The largest absolute Gasteiger partial charge is 0.493 e. The molecule has 2 aliphatic rings. The van der Waals surface area contributed by atoms with E-state index in [-0.39, 0.29) is 30.2 Å². The summed E-state index contributed by atoms with van der Waals surface area (Å²) in [5, 5.41) is 3.13. The van der Waals surface area contributed by atoms with Gasteiger partial charge in [0.05, 0.1) is 18.6 Å². The maximum atomic E-state index is 12.8. The Morgan fingerprint density at radius 1 is 1.22 bits per heavy atom. The van der Waals surface area contributed by atoms with Gasteiger partial charge in [0.2, 0.25) is 11.8 Å². The number of carbonyl (C=O) groups excluding carboxylic acids is 2. The molecule has 0 bridgehead atoms. The molecule has 0 radical (unpaired) electrons. The summed E-state index contributed by atoms with van der Waals surface area (Å²) in [6.07, 6.45) is 0.997. The second-order valence-electron chi connectivity index (χ2n) is 7.04. The number of nitrogens with zero attached hydrogens (tertiary/aromatic N) is 1. The van der Waals surface area contributed by atoms with Crippen molar-refractivity contribution in [2.45, 2.75) is 25.4 Å². The number of amides is 2. The zero-order chi connectivity index (χ0) is 18.8. The Morgan fingerprint density at radius 2 is 2.04 bits per heavy atom. The third-order valence-corrected chi connectivity index (χ3v) is 5.62. The molecular weight excluding hydrogens is 408 g/mol. The van der Waals surface area contributed by atoms with Crippen molar-refractivity contribution in [3.63, 3.8) is 0 Å². The topological polar surface area (TPSA) is 58.6 Å². The fraction of sp³-hybridized carbons (Fsp3) is 0.333. The first kappa shape index (κ1) is 18.0. The van der Waals surface area contributed by atoms with Gasteiger partial charge < -0.3 is 15.0 Å². The van der Waals surface area contributed by atoms with Crippen LogP contribution in [0, 0.1) is 5.92 Å². The molecule has 5 nitrogen and oxygen atoms in total. The molecule has 140 valence electrons. The Labute approximate surface area is 166 Å². The molecule has 0 saturated carbocycles. The lowest BCUT2D eigenvalue weighted by Crippen LogP contribution is -2.37. The van der Waals surface area contributed by atoms with Crippen molar-refractivity contribution >= 4 is 27.7 Å². The Balaban J connectivity index is 1.41. The third kappa shape index (κ3) is 4.00. The SMILES string of the molecule is O=C(NC1CCOc2ccc(Br)cc21)C1CC(=O)N(Cc2ccccc2)C1. The van der Waals surface area contributed by atoms with Gasteiger partial charge >= 0.3 is 0 Å². The molecule has 2 heterocycles. The second-order valence-corrected chi connectivity index (χ2v) is 7.96. The van der Waals surface area contributed by atoms with Crippen LogP contribution in [-0.2, 0) is 16.1 Å². The molecule has 2 aromatic carbocycles. The van der Waals surface area contributed by atoms with Crippen molar-refractivity contribution in [1.29, 1.82) is 0 Å². The minimum atomic E-state index is -0.306. The van der Waals surface area contributed by atoms with Gasteiger partial charge in [0, 0.05) is 36.0 Å². The van der Waals surface area contributed by atoms with Gasteiger partial charge in [-0.25, -0.2) is 0 Å².